The Bertz CT molecular complexity index is 1100. The molecule has 8 nitrogen and oxygen atoms in total. The van der Waals surface area contributed by atoms with Crippen molar-refractivity contribution in [2.45, 2.75) is 19.6 Å². The molecule has 0 spiro atoms. The molecule has 148 valence electrons. The van der Waals surface area contributed by atoms with Crippen molar-refractivity contribution >= 4 is 23.0 Å². The van der Waals surface area contributed by atoms with Crippen molar-refractivity contribution in [1.29, 1.82) is 0 Å². The number of anilines is 2. The van der Waals surface area contributed by atoms with Crippen molar-refractivity contribution in [3.63, 3.8) is 0 Å². The second kappa shape index (κ2) is 7.54. The van der Waals surface area contributed by atoms with Crippen LogP contribution in [0.4, 0.5) is 24.8 Å². The van der Waals surface area contributed by atoms with E-state index in [1.165, 1.54) is 11.3 Å². The highest BCUT2D eigenvalue weighted by atomic mass is 32.1. The zero-order valence-electron chi connectivity index (χ0n) is 14.8. The van der Waals surface area contributed by atoms with E-state index in [4.69, 9.17) is 0 Å². The Morgan fingerprint density at radius 3 is 2.52 bits per heavy atom. The summed E-state index contributed by atoms with van der Waals surface area (Å²) in [5.74, 6) is -0.377. The van der Waals surface area contributed by atoms with Gasteiger partial charge in [0.15, 0.2) is 11.6 Å². The highest BCUT2D eigenvalue weighted by Crippen LogP contribution is 2.33. The van der Waals surface area contributed by atoms with Crippen LogP contribution in [0.15, 0.2) is 47.6 Å². The molecule has 0 aromatic carbocycles. The molecule has 0 aliphatic carbocycles. The van der Waals surface area contributed by atoms with Gasteiger partial charge in [-0.1, -0.05) is 5.16 Å². The molecule has 0 amide bonds. The first-order chi connectivity index (χ1) is 13.9. The first-order valence-corrected chi connectivity index (χ1v) is 9.04. The van der Waals surface area contributed by atoms with E-state index in [9.17, 15) is 13.2 Å². The third-order valence-corrected chi connectivity index (χ3v) is 4.80. The number of hydrogen-bond donors (Lipinski definition) is 0. The Morgan fingerprint density at radius 2 is 1.86 bits per heavy atom. The van der Waals surface area contributed by atoms with Crippen molar-refractivity contribution in [3.05, 3.63) is 59.6 Å². The van der Waals surface area contributed by atoms with E-state index in [1.807, 2.05) is 6.92 Å². The summed E-state index contributed by atoms with van der Waals surface area (Å²) in [4.78, 5) is 23.5. The Balaban J connectivity index is 1.62. The molecular weight excluding hydrogens is 407 g/mol. The summed E-state index contributed by atoms with van der Waals surface area (Å²) in [5.41, 5.74) is 0.767. The minimum absolute atomic E-state index is 0.116. The number of hydrogen-bond acceptors (Lipinski definition) is 9. The van der Waals surface area contributed by atoms with Gasteiger partial charge in [-0.15, -0.1) is 11.3 Å². The molecule has 0 N–H and O–H groups in total. The van der Waals surface area contributed by atoms with Gasteiger partial charge in [-0.05, 0) is 19.1 Å². The number of nitrogens with zero attached hydrogens (tertiary/aromatic N) is 7. The number of rotatable bonds is 5. The van der Waals surface area contributed by atoms with Gasteiger partial charge in [0.25, 0.3) is 0 Å². The second-order valence-electron chi connectivity index (χ2n) is 5.85. The summed E-state index contributed by atoms with van der Waals surface area (Å²) in [6, 6.07) is 3.41. The predicted molar refractivity (Wildman–Crippen MR) is 97.3 cm³/mol. The maximum Gasteiger partial charge on any atom is 0.471 e. The van der Waals surface area contributed by atoms with Gasteiger partial charge in [-0.25, -0.2) is 9.97 Å². The molecule has 12 heteroatoms. The van der Waals surface area contributed by atoms with Gasteiger partial charge in [0, 0.05) is 17.3 Å². The van der Waals surface area contributed by atoms with Crippen LogP contribution in [-0.2, 0) is 12.7 Å². The van der Waals surface area contributed by atoms with Gasteiger partial charge in [0.2, 0.25) is 5.82 Å². The highest BCUT2D eigenvalue weighted by molar-refractivity contribution is 7.15. The van der Waals surface area contributed by atoms with Crippen molar-refractivity contribution in [3.8, 4) is 10.7 Å². The van der Waals surface area contributed by atoms with Crippen LogP contribution in [0.1, 0.15) is 16.5 Å². The maximum atomic E-state index is 12.7. The molecule has 4 heterocycles. The molecule has 29 heavy (non-hydrogen) atoms. The lowest BCUT2D eigenvalue weighted by atomic mass is 10.3. The highest BCUT2D eigenvalue weighted by Gasteiger charge is 2.38. The lowest BCUT2D eigenvalue weighted by molar-refractivity contribution is -0.159. The van der Waals surface area contributed by atoms with Crippen molar-refractivity contribution in [1.82, 2.24) is 30.1 Å². The van der Waals surface area contributed by atoms with Gasteiger partial charge < -0.3 is 9.42 Å². The topological polar surface area (TPSA) is 93.7 Å². The summed E-state index contributed by atoms with van der Waals surface area (Å²) < 4.78 is 42.3. The molecule has 0 atom stereocenters. The zero-order valence-corrected chi connectivity index (χ0v) is 15.6. The van der Waals surface area contributed by atoms with E-state index in [0.717, 1.165) is 10.6 Å². The van der Waals surface area contributed by atoms with Crippen molar-refractivity contribution in [2.24, 2.45) is 0 Å². The molecule has 0 radical (unpaired) electrons. The average molecular weight is 419 g/mol. The quantitative estimate of drug-likeness (QED) is 0.478. The number of alkyl halides is 3. The SMILES string of the molecule is Cc1cnc(N(Cc2ccc(-c3noc(C(F)(F)F)n3)s2)c2cnccn2)cn1. The second-order valence-corrected chi connectivity index (χ2v) is 7.02. The molecule has 4 aromatic rings. The lowest BCUT2D eigenvalue weighted by Crippen LogP contribution is -2.18. The number of thiophene rings is 1. The van der Waals surface area contributed by atoms with Crippen LogP contribution in [0, 0.1) is 6.92 Å². The first kappa shape index (κ1) is 18.9. The molecule has 0 bridgehead atoms. The van der Waals surface area contributed by atoms with E-state index in [-0.39, 0.29) is 5.82 Å². The van der Waals surface area contributed by atoms with Crippen LogP contribution in [0.2, 0.25) is 0 Å². The molecule has 4 rings (SSSR count). The first-order valence-electron chi connectivity index (χ1n) is 8.22. The van der Waals surface area contributed by atoms with Crippen LogP contribution < -0.4 is 4.90 Å². The van der Waals surface area contributed by atoms with Gasteiger partial charge in [-0.3, -0.25) is 9.97 Å². The number of aryl methyl sites for hydroxylation is 1. The molecule has 4 aromatic heterocycles. The van der Waals surface area contributed by atoms with E-state index < -0.39 is 12.1 Å². The largest absolute Gasteiger partial charge is 0.471 e. The Hall–Kier alpha value is -3.41. The summed E-state index contributed by atoms with van der Waals surface area (Å²) in [6.45, 7) is 2.18. The number of halogens is 3. The monoisotopic (exact) mass is 419 g/mol. The normalized spacial score (nSPS) is 11.6. The fourth-order valence-corrected chi connectivity index (χ4v) is 3.34. The fourth-order valence-electron chi connectivity index (χ4n) is 2.41. The zero-order chi connectivity index (χ0) is 20.4. The van der Waals surface area contributed by atoms with Crippen LogP contribution in [0.25, 0.3) is 10.7 Å². The lowest BCUT2D eigenvalue weighted by Gasteiger charge is -2.21. The summed E-state index contributed by atoms with van der Waals surface area (Å²) >= 11 is 1.24. The van der Waals surface area contributed by atoms with E-state index in [0.29, 0.717) is 23.1 Å². The summed E-state index contributed by atoms with van der Waals surface area (Å²) in [5, 5.41) is 3.42. The maximum absolute atomic E-state index is 12.7. The minimum Gasteiger partial charge on any atom is -0.329 e. The predicted octanol–water partition coefficient (Wildman–Crippen LogP) is 4.04. The molecule has 0 fully saturated rings. The molecule has 0 unspecified atom stereocenters. The molecule has 0 aliphatic rings. The van der Waals surface area contributed by atoms with Crippen LogP contribution >= 0.6 is 11.3 Å². The van der Waals surface area contributed by atoms with Crippen LogP contribution in [0.3, 0.4) is 0 Å². The standard InChI is InChI=1S/C17H12F3N7OS/c1-10-6-24-14(8-23-10)27(13-7-21-4-5-22-13)9-11-2-3-12(29-11)15-25-16(28-26-15)17(18,19)20/h2-8H,9H2,1H3. The molecular formula is C17H12F3N7OS. The molecule has 0 aliphatic heterocycles. The van der Waals surface area contributed by atoms with E-state index in [2.05, 4.69) is 34.6 Å². The average Bonchev–Trinajstić information content (AvgIpc) is 3.37. The van der Waals surface area contributed by atoms with Crippen molar-refractivity contribution in [2.75, 3.05) is 4.90 Å². The Labute approximate surface area is 166 Å². The molecule has 0 saturated carbocycles. The third kappa shape index (κ3) is 4.21. The fraction of sp³-hybridized carbons (Fsp3) is 0.176. The Kier molecular flexibility index (Phi) is 4.92. The third-order valence-electron chi connectivity index (χ3n) is 3.73. The van der Waals surface area contributed by atoms with Gasteiger partial charge in [-0.2, -0.15) is 18.2 Å². The smallest absolute Gasteiger partial charge is 0.329 e. The number of aromatic nitrogens is 6. The van der Waals surface area contributed by atoms with E-state index in [1.54, 1.807) is 48.0 Å². The van der Waals surface area contributed by atoms with Gasteiger partial charge in [0.1, 0.15) is 0 Å². The Morgan fingerprint density at radius 1 is 1.03 bits per heavy atom. The van der Waals surface area contributed by atoms with Gasteiger partial charge in [0.05, 0.1) is 35.7 Å². The molecule has 0 saturated heterocycles. The van der Waals surface area contributed by atoms with Crippen LogP contribution in [-0.4, -0.2) is 30.1 Å². The summed E-state index contributed by atoms with van der Waals surface area (Å²) in [7, 11) is 0. The van der Waals surface area contributed by atoms with Crippen LogP contribution in [0.5, 0.6) is 0 Å². The minimum atomic E-state index is -4.68. The van der Waals surface area contributed by atoms with Crippen molar-refractivity contribution < 1.29 is 17.7 Å². The summed E-state index contributed by atoms with van der Waals surface area (Å²) in [6.07, 6.45) is 3.27. The van der Waals surface area contributed by atoms with E-state index >= 15 is 0 Å². The van der Waals surface area contributed by atoms with Gasteiger partial charge >= 0.3 is 12.1 Å².